The summed E-state index contributed by atoms with van der Waals surface area (Å²) in [7, 11) is 0. The number of nitrogens with one attached hydrogen (secondary N) is 2. The third-order valence-corrected chi connectivity index (χ3v) is 3.74. The van der Waals surface area contributed by atoms with Crippen LogP contribution in [0.1, 0.15) is 11.5 Å². The molecule has 7 heteroatoms. The van der Waals surface area contributed by atoms with Crippen molar-refractivity contribution in [3.05, 3.63) is 54.4 Å². The van der Waals surface area contributed by atoms with Gasteiger partial charge in [0.15, 0.2) is 0 Å². The predicted octanol–water partition coefficient (Wildman–Crippen LogP) is 2.05. The maximum atomic E-state index is 11.6. The van der Waals surface area contributed by atoms with Crippen molar-refractivity contribution in [3.63, 3.8) is 0 Å². The van der Waals surface area contributed by atoms with Crippen LogP contribution in [0.4, 0.5) is 0 Å². The van der Waals surface area contributed by atoms with Crippen LogP contribution in [0.5, 0.6) is 0 Å². The van der Waals surface area contributed by atoms with Gasteiger partial charge >= 0.3 is 0 Å². The van der Waals surface area contributed by atoms with Gasteiger partial charge in [-0.05, 0) is 30.3 Å². The van der Waals surface area contributed by atoms with E-state index in [0.29, 0.717) is 12.3 Å². The van der Waals surface area contributed by atoms with Crippen LogP contribution in [0.15, 0.2) is 51.7 Å². The molecule has 0 bridgehead atoms. The molecule has 0 aliphatic carbocycles. The van der Waals surface area contributed by atoms with Gasteiger partial charge < -0.3 is 19.5 Å². The van der Waals surface area contributed by atoms with Gasteiger partial charge in [0.05, 0.1) is 24.8 Å². The maximum absolute atomic E-state index is 11.6. The van der Waals surface area contributed by atoms with Crippen LogP contribution in [0, 0.1) is 0 Å². The molecule has 0 radical (unpaired) electrons. The minimum absolute atomic E-state index is 0.0514. The topological polar surface area (TPSA) is 84.5 Å². The molecule has 0 saturated heterocycles. The van der Waals surface area contributed by atoms with Crippen LogP contribution in [-0.4, -0.2) is 30.7 Å². The average Bonchev–Trinajstić information content (AvgIpc) is 3.24. The minimum atomic E-state index is -0.344. The summed E-state index contributed by atoms with van der Waals surface area (Å²) in [5.74, 6) is 2.48. The number of thioether (sulfide) groups is 1. The Morgan fingerprint density at radius 1 is 1.13 bits per heavy atom. The normalized spacial score (nSPS) is 10.8. The van der Waals surface area contributed by atoms with Gasteiger partial charge in [0.1, 0.15) is 11.5 Å². The van der Waals surface area contributed by atoms with Crippen molar-refractivity contribution < 1.29 is 18.4 Å². The van der Waals surface area contributed by atoms with Crippen molar-refractivity contribution in [2.45, 2.75) is 5.75 Å². The summed E-state index contributed by atoms with van der Waals surface area (Å²) in [6, 6.07) is 7.23. The van der Waals surface area contributed by atoms with Gasteiger partial charge in [-0.1, -0.05) is 0 Å². The molecule has 23 heavy (non-hydrogen) atoms. The van der Waals surface area contributed by atoms with Crippen LogP contribution in [-0.2, 0) is 15.3 Å². The second-order valence-electron chi connectivity index (χ2n) is 4.55. The molecular weight excluding hydrogens is 316 g/mol. The van der Waals surface area contributed by atoms with E-state index in [2.05, 4.69) is 10.6 Å². The zero-order chi connectivity index (χ0) is 16.3. The van der Waals surface area contributed by atoms with Gasteiger partial charge in [-0.15, -0.1) is 0 Å². The highest BCUT2D eigenvalue weighted by atomic mass is 32.2. The molecule has 2 aromatic rings. The maximum Gasteiger partial charge on any atom is 0.244 e. The molecule has 0 aliphatic heterocycles. The van der Waals surface area contributed by atoms with Crippen molar-refractivity contribution in [2.24, 2.45) is 0 Å². The Kier molecular flexibility index (Phi) is 7.06. The second kappa shape index (κ2) is 9.58. The second-order valence-corrected chi connectivity index (χ2v) is 5.65. The molecule has 0 aromatic carbocycles. The van der Waals surface area contributed by atoms with Crippen LogP contribution in [0.2, 0.25) is 0 Å². The Bertz CT molecular complexity index is 621. The van der Waals surface area contributed by atoms with E-state index in [1.807, 2.05) is 12.1 Å². The Morgan fingerprint density at radius 3 is 2.70 bits per heavy atom. The highest BCUT2D eigenvalue weighted by molar-refractivity contribution is 7.98. The van der Waals surface area contributed by atoms with E-state index >= 15 is 0 Å². The summed E-state index contributed by atoms with van der Waals surface area (Å²) in [4.78, 5) is 23.1. The lowest BCUT2D eigenvalue weighted by molar-refractivity contribution is -0.123. The molecule has 2 rings (SSSR count). The van der Waals surface area contributed by atoms with Crippen molar-refractivity contribution >= 4 is 29.7 Å². The van der Waals surface area contributed by atoms with E-state index in [0.717, 1.165) is 17.3 Å². The Morgan fingerprint density at radius 2 is 1.96 bits per heavy atom. The number of furan rings is 2. The molecule has 2 heterocycles. The Balaban J connectivity index is 1.51. The molecule has 0 unspecified atom stereocenters. The molecule has 6 nitrogen and oxygen atoms in total. The SMILES string of the molecule is O=C(C=Cc1ccco1)NCC(=O)NCCSCc1ccco1. The third kappa shape index (κ3) is 6.92. The molecule has 2 aromatic heterocycles. The molecule has 0 spiro atoms. The molecular formula is C16H18N2O4S. The van der Waals surface area contributed by atoms with Gasteiger partial charge in [-0.25, -0.2) is 0 Å². The monoisotopic (exact) mass is 334 g/mol. The number of hydrogen-bond donors (Lipinski definition) is 2. The summed E-state index contributed by atoms with van der Waals surface area (Å²) < 4.78 is 10.3. The fraction of sp³-hybridized carbons (Fsp3) is 0.250. The van der Waals surface area contributed by atoms with Crippen LogP contribution in [0.25, 0.3) is 6.08 Å². The van der Waals surface area contributed by atoms with Gasteiger partial charge in [0, 0.05) is 18.4 Å². The van der Waals surface area contributed by atoms with E-state index in [4.69, 9.17) is 8.83 Å². The first-order valence-corrected chi connectivity index (χ1v) is 8.26. The number of hydrogen-bond acceptors (Lipinski definition) is 5. The molecule has 0 aliphatic rings. The summed E-state index contributed by atoms with van der Waals surface area (Å²) >= 11 is 1.67. The lowest BCUT2D eigenvalue weighted by atomic mass is 10.4. The van der Waals surface area contributed by atoms with Gasteiger partial charge in [-0.3, -0.25) is 9.59 Å². The lowest BCUT2D eigenvalue weighted by Gasteiger charge is -2.05. The summed E-state index contributed by atoms with van der Waals surface area (Å²) in [5.41, 5.74) is 0. The van der Waals surface area contributed by atoms with Crippen molar-refractivity contribution in [3.8, 4) is 0 Å². The van der Waals surface area contributed by atoms with E-state index in [1.165, 1.54) is 12.3 Å². The van der Waals surface area contributed by atoms with Crippen molar-refractivity contribution in [1.29, 1.82) is 0 Å². The fourth-order valence-corrected chi connectivity index (χ4v) is 2.42. The number of rotatable bonds is 9. The van der Waals surface area contributed by atoms with Crippen LogP contribution < -0.4 is 10.6 Å². The van der Waals surface area contributed by atoms with E-state index in [1.54, 1.807) is 36.2 Å². The minimum Gasteiger partial charge on any atom is -0.468 e. The summed E-state index contributed by atoms with van der Waals surface area (Å²) in [5, 5.41) is 5.25. The quantitative estimate of drug-likeness (QED) is 0.541. The molecule has 0 atom stereocenters. The van der Waals surface area contributed by atoms with Crippen molar-refractivity contribution in [1.82, 2.24) is 10.6 Å². The Hall–Kier alpha value is -2.41. The molecule has 122 valence electrons. The van der Waals surface area contributed by atoms with E-state index < -0.39 is 0 Å². The predicted molar refractivity (Wildman–Crippen MR) is 88.6 cm³/mol. The van der Waals surface area contributed by atoms with Crippen molar-refractivity contribution in [2.75, 3.05) is 18.8 Å². The molecule has 2 amide bonds. The highest BCUT2D eigenvalue weighted by Gasteiger charge is 2.03. The number of amides is 2. The first kappa shape index (κ1) is 17.0. The number of carbonyl (C=O) groups is 2. The summed E-state index contributed by atoms with van der Waals surface area (Å²) in [6.07, 6.45) is 6.03. The van der Waals surface area contributed by atoms with Gasteiger partial charge in [-0.2, -0.15) is 11.8 Å². The molecule has 0 fully saturated rings. The zero-order valence-corrected chi connectivity index (χ0v) is 13.3. The first-order chi connectivity index (χ1) is 11.2. The van der Waals surface area contributed by atoms with E-state index in [9.17, 15) is 9.59 Å². The highest BCUT2D eigenvalue weighted by Crippen LogP contribution is 2.11. The molecule has 0 saturated carbocycles. The average molecular weight is 334 g/mol. The Labute approximate surface area is 138 Å². The zero-order valence-electron chi connectivity index (χ0n) is 12.5. The van der Waals surface area contributed by atoms with Crippen LogP contribution in [0.3, 0.4) is 0 Å². The summed E-state index contributed by atoms with van der Waals surface area (Å²) in [6.45, 7) is 0.493. The molecule has 2 N–H and O–H groups in total. The standard InChI is InChI=1S/C16H18N2O4S/c19-15(6-5-13-3-1-8-21-13)18-11-16(20)17-7-10-23-12-14-4-2-9-22-14/h1-6,8-9H,7,10-12H2,(H,17,20)(H,18,19). The third-order valence-electron chi connectivity index (χ3n) is 2.76. The van der Waals surface area contributed by atoms with E-state index in [-0.39, 0.29) is 18.4 Å². The van der Waals surface area contributed by atoms with Crippen LogP contribution >= 0.6 is 11.8 Å². The van der Waals surface area contributed by atoms with Gasteiger partial charge in [0.25, 0.3) is 0 Å². The number of carbonyl (C=O) groups excluding carboxylic acids is 2. The first-order valence-electron chi connectivity index (χ1n) is 7.10. The smallest absolute Gasteiger partial charge is 0.244 e. The fourth-order valence-electron chi connectivity index (χ4n) is 1.66. The van der Waals surface area contributed by atoms with Gasteiger partial charge in [0.2, 0.25) is 11.8 Å². The largest absolute Gasteiger partial charge is 0.468 e. The lowest BCUT2D eigenvalue weighted by Crippen LogP contribution is -2.37.